The summed E-state index contributed by atoms with van der Waals surface area (Å²) in [5.41, 5.74) is 3.51. The lowest BCUT2D eigenvalue weighted by molar-refractivity contribution is 0.122. The van der Waals surface area contributed by atoms with Gasteiger partial charge in [0, 0.05) is 31.0 Å². The van der Waals surface area contributed by atoms with Gasteiger partial charge in [-0.1, -0.05) is 6.07 Å². The van der Waals surface area contributed by atoms with Gasteiger partial charge in [-0.2, -0.15) is 0 Å². The van der Waals surface area contributed by atoms with E-state index in [1.807, 2.05) is 26.8 Å². The molecule has 2 aromatic rings. The number of anilines is 2. The Labute approximate surface area is 162 Å². The summed E-state index contributed by atoms with van der Waals surface area (Å²) in [6, 6.07) is 14.7. The lowest BCUT2D eigenvalue weighted by Crippen LogP contribution is -2.36. The second-order valence-electron chi connectivity index (χ2n) is 6.88. The summed E-state index contributed by atoms with van der Waals surface area (Å²) in [6.45, 7) is 10.9. The molecule has 5 heteroatoms. The first-order valence-electron chi connectivity index (χ1n) is 9.74. The predicted octanol–water partition coefficient (Wildman–Crippen LogP) is 4.32. The Balaban J connectivity index is 1.61. The highest BCUT2D eigenvalue weighted by Gasteiger charge is 2.11. The molecule has 0 aliphatic carbocycles. The molecule has 0 spiro atoms. The van der Waals surface area contributed by atoms with Crippen LogP contribution in [0.2, 0.25) is 0 Å². The average molecular weight is 370 g/mol. The van der Waals surface area contributed by atoms with Crippen molar-refractivity contribution in [3.63, 3.8) is 0 Å². The van der Waals surface area contributed by atoms with Crippen molar-refractivity contribution in [1.82, 2.24) is 0 Å². The Kier molecular flexibility index (Phi) is 6.82. The van der Waals surface area contributed by atoms with E-state index in [0.29, 0.717) is 6.61 Å². The van der Waals surface area contributed by atoms with Crippen LogP contribution < -0.4 is 19.7 Å². The van der Waals surface area contributed by atoms with E-state index in [9.17, 15) is 0 Å². The van der Waals surface area contributed by atoms with Crippen LogP contribution in [0, 0.1) is 0 Å². The van der Waals surface area contributed by atoms with E-state index >= 15 is 0 Å². The molecular formula is C22H30N2O3. The highest BCUT2D eigenvalue weighted by molar-refractivity contribution is 5.55. The van der Waals surface area contributed by atoms with Gasteiger partial charge in [-0.15, -0.1) is 0 Å². The van der Waals surface area contributed by atoms with Crippen LogP contribution in [-0.4, -0.2) is 39.0 Å². The first-order chi connectivity index (χ1) is 13.2. The number of hydrogen-bond donors (Lipinski definition) is 1. The molecule has 3 rings (SSSR count). The van der Waals surface area contributed by atoms with Crippen LogP contribution in [0.1, 0.15) is 26.3 Å². The standard InChI is InChI=1S/C22H30N2O3/c1-4-26-22-15-18(5-10-21(22)27-17(2)3)16-23-19-6-8-20(9-7-19)24-11-13-25-14-12-24/h5-10,15,17,23H,4,11-14,16H2,1-3H3. The third-order valence-electron chi connectivity index (χ3n) is 4.41. The Morgan fingerprint density at radius 2 is 1.78 bits per heavy atom. The Morgan fingerprint density at radius 3 is 2.44 bits per heavy atom. The number of ether oxygens (including phenoxy) is 3. The van der Waals surface area contributed by atoms with Crippen molar-refractivity contribution in [3.8, 4) is 11.5 Å². The van der Waals surface area contributed by atoms with E-state index in [4.69, 9.17) is 14.2 Å². The second kappa shape index (κ2) is 9.51. The van der Waals surface area contributed by atoms with Gasteiger partial charge in [0.2, 0.25) is 0 Å². The minimum absolute atomic E-state index is 0.123. The normalized spacial score (nSPS) is 14.3. The third kappa shape index (κ3) is 5.54. The van der Waals surface area contributed by atoms with Crippen molar-refractivity contribution >= 4 is 11.4 Å². The molecule has 1 N–H and O–H groups in total. The van der Waals surface area contributed by atoms with Gasteiger partial charge in [0.1, 0.15) is 0 Å². The zero-order valence-electron chi connectivity index (χ0n) is 16.5. The molecule has 146 valence electrons. The van der Waals surface area contributed by atoms with Gasteiger partial charge in [-0.25, -0.2) is 0 Å². The van der Waals surface area contributed by atoms with Crippen LogP contribution >= 0.6 is 0 Å². The number of rotatable bonds is 8. The molecule has 5 nitrogen and oxygen atoms in total. The summed E-state index contributed by atoms with van der Waals surface area (Å²) in [4.78, 5) is 2.36. The van der Waals surface area contributed by atoms with E-state index in [0.717, 1.165) is 55.6 Å². The maximum Gasteiger partial charge on any atom is 0.161 e. The maximum absolute atomic E-state index is 5.83. The van der Waals surface area contributed by atoms with Crippen molar-refractivity contribution < 1.29 is 14.2 Å². The lowest BCUT2D eigenvalue weighted by Gasteiger charge is -2.29. The minimum Gasteiger partial charge on any atom is -0.490 e. The molecule has 0 atom stereocenters. The van der Waals surface area contributed by atoms with Crippen LogP contribution in [-0.2, 0) is 11.3 Å². The van der Waals surface area contributed by atoms with Crippen molar-refractivity contribution in [1.29, 1.82) is 0 Å². The SMILES string of the molecule is CCOc1cc(CNc2ccc(N3CCOCC3)cc2)ccc1OC(C)C. The Bertz CT molecular complexity index is 710. The molecule has 0 unspecified atom stereocenters. The van der Waals surface area contributed by atoms with Crippen LogP contribution in [0.5, 0.6) is 11.5 Å². The minimum atomic E-state index is 0.123. The molecule has 0 saturated carbocycles. The zero-order chi connectivity index (χ0) is 19.1. The van der Waals surface area contributed by atoms with Gasteiger partial charge in [-0.3, -0.25) is 0 Å². The van der Waals surface area contributed by atoms with E-state index in [1.165, 1.54) is 5.69 Å². The van der Waals surface area contributed by atoms with Gasteiger partial charge in [0.25, 0.3) is 0 Å². The Morgan fingerprint density at radius 1 is 1.04 bits per heavy atom. The van der Waals surface area contributed by atoms with E-state index in [2.05, 4.69) is 46.6 Å². The fourth-order valence-corrected chi connectivity index (χ4v) is 3.10. The molecule has 0 amide bonds. The third-order valence-corrected chi connectivity index (χ3v) is 4.41. The summed E-state index contributed by atoms with van der Waals surface area (Å²) in [7, 11) is 0. The first kappa shape index (κ1) is 19.4. The lowest BCUT2D eigenvalue weighted by atomic mass is 10.2. The van der Waals surface area contributed by atoms with Gasteiger partial charge in [0.05, 0.1) is 25.9 Å². The summed E-state index contributed by atoms with van der Waals surface area (Å²) in [5, 5.41) is 3.48. The molecule has 1 heterocycles. The number of nitrogens with zero attached hydrogens (tertiary/aromatic N) is 1. The molecule has 2 aromatic carbocycles. The molecular weight excluding hydrogens is 340 g/mol. The van der Waals surface area contributed by atoms with Crippen molar-refractivity contribution in [3.05, 3.63) is 48.0 Å². The molecule has 0 radical (unpaired) electrons. The van der Waals surface area contributed by atoms with E-state index in [-0.39, 0.29) is 6.10 Å². The van der Waals surface area contributed by atoms with Crippen molar-refractivity contribution in [2.24, 2.45) is 0 Å². The van der Waals surface area contributed by atoms with Crippen LogP contribution in [0.4, 0.5) is 11.4 Å². The highest BCUT2D eigenvalue weighted by Crippen LogP contribution is 2.30. The number of morpholine rings is 1. The van der Waals surface area contributed by atoms with Gasteiger partial charge < -0.3 is 24.4 Å². The van der Waals surface area contributed by atoms with Crippen molar-refractivity contribution in [2.45, 2.75) is 33.4 Å². The molecule has 1 aliphatic rings. The van der Waals surface area contributed by atoms with Crippen molar-refractivity contribution in [2.75, 3.05) is 43.1 Å². The maximum atomic E-state index is 5.83. The summed E-state index contributed by atoms with van der Waals surface area (Å²) in [6.07, 6.45) is 0.123. The van der Waals surface area contributed by atoms with Gasteiger partial charge in [-0.05, 0) is 62.7 Å². The van der Waals surface area contributed by atoms with E-state index in [1.54, 1.807) is 0 Å². The summed E-state index contributed by atoms with van der Waals surface area (Å²) < 4.78 is 17.0. The largest absolute Gasteiger partial charge is 0.490 e. The molecule has 0 aromatic heterocycles. The first-order valence-corrected chi connectivity index (χ1v) is 9.74. The molecule has 0 bridgehead atoms. The highest BCUT2D eigenvalue weighted by atomic mass is 16.5. The summed E-state index contributed by atoms with van der Waals surface area (Å²) in [5.74, 6) is 1.60. The number of benzene rings is 2. The monoisotopic (exact) mass is 370 g/mol. The fourth-order valence-electron chi connectivity index (χ4n) is 3.10. The predicted molar refractivity (Wildman–Crippen MR) is 110 cm³/mol. The smallest absolute Gasteiger partial charge is 0.161 e. The molecule has 1 aliphatic heterocycles. The fraction of sp³-hybridized carbons (Fsp3) is 0.455. The Hall–Kier alpha value is -2.40. The average Bonchev–Trinajstić information content (AvgIpc) is 2.69. The van der Waals surface area contributed by atoms with Gasteiger partial charge >= 0.3 is 0 Å². The quantitative estimate of drug-likeness (QED) is 0.750. The number of hydrogen-bond acceptors (Lipinski definition) is 5. The molecule has 27 heavy (non-hydrogen) atoms. The zero-order valence-corrected chi connectivity index (χ0v) is 16.5. The molecule has 1 fully saturated rings. The van der Waals surface area contributed by atoms with Crippen LogP contribution in [0.25, 0.3) is 0 Å². The summed E-state index contributed by atoms with van der Waals surface area (Å²) >= 11 is 0. The topological polar surface area (TPSA) is 43.0 Å². The van der Waals surface area contributed by atoms with Gasteiger partial charge in [0.15, 0.2) is 11.5 Å². The van der Waals surface area contributed by atoms with E-state index < -0.39 is 0 Å². The van der Waals surface area contributed by atoms with Crippen LogP contribution in [0.15, 0.2) is 42.5 Å². The molecule has 1 saturated heterocycles. The second-order valence-corrected chi connectivity index (χ2v) is 6.88. The number of nitrogens with one attached hydrogen (secondary N) is 1. The van der Waals surface area contributed by atoms with Crippen LogP contribution in [0.3, 0.4) is 0 Å².